The molecule has 0 unspecified atom stereocenters. The van der Waals surface area contributed by atoms with Crippen molar-refractivity contribution in [2.24, 2.45) is 23.7 Å². The van der Waals surface area contributed by atoms with Gasteiger partial charge in [0.2, 0.25) is 5.91 Å². The Morgan fingerprint density at radius 1 is 1.24 bits per heavy atom. The van der Waals surface area contributed by atoms with E-state index in [1.165, 1.54) is 34.3 Å². The van der Waals surface area contributed by atoms with E-state index in [9.17, 15) is 9.59 Å². The van der Waals surface area contributed by atoms with E-state index in [-0.39, 0.29) is 23.6 Å². The molecule has 0 aliphatic heterocycles. The van der Waals surface area contributed by atoms with Crippen LogP contribution in [-0.4, -0.2) is 21.0 Å². The van der Waals surface area contributed by atoms with Crippen molar-refractivity contribution in [2.75, 3.05) is 0 Å². The first-order valence-electron chi connectivity index (χ1n) is 11.3. The molecule has 1 N–H and O–H groups in total. The minimum absolute atomic E-state index is 0.00927. The zero-order valence-electron chi connectivity index (χ0n) is 17.1. The Morgan fingerprint density at radius 2 is 1.93 bits per heavy atom. The molecule has 1 amide bonds. The second-order valence-corrected chi connectivity index (χ2v) is 11.5. The largest absolute Gasteiger partial charge is 0.349 e. The van der Waals surface area contributed by atoms with Crippen LogP contribution in [0.5, 0.6) is 0 Å². The lowest BCUT2D eigenvalue weighted by molar-refractivity contribution is -0.127. The van der Waals surface area contributed by atoms with Crippen molar-refractivity contribution in [3.05, 3.63) is 27.1 Å². The van der Waals surface area contributed by atoms with E-state index in [4.69, 9.17) is 0 Å². The van der Waals surface area contributed by atoms with Crippen LogP contribution < -0.4 is 10.9 Å². The Labute approximate surface area is 174 Å². The van der Waals surface area contributed by atoms with Gasteiger partial charge in [0.25, 0.3) is 5.56 Å². The molecule has 4 fully saturated rings. The summed E-state index contributed by atoms with van der Waals surface area (Å²) >= 11 is 1.66. The molecule has 0 spiro atoms. The molecule has 4 saturated carbocycles. The van der Waals surface area contributed by atoms with E-state index in [1.807, 2.05) is 0 Å². The second-order valence-electron chi connectivity index (χ2n) is 10.5. The van der Waals surface area contributed by atoms with Gasteiger partial charge < -0.3 is 5.32 Å². The summed E-state index contributed by atoms with van der Waals surface area (Å²) in [6.45, 7) is 2.36. The fraction of sp³-hybridized carbons (Fsp3) is 0.696. The van der Waals surface area contributed by atoms with Crippen molar-refractivity contribution in [3.63, 3.8) is 0 Å². The van der Waals surface area contributed by atoms with Crippen LogP contribution in [0.1, 0.15) is 62.3 Å². The Hall–Kier alpha value is -1.69. The fourth-order valence-electron chi connectivity index (χ4n) is 7.23. The molecule has 154 valence electrons. The van der Waals surface area contributed by atoms with Crippen LogP contribution in [0, 0.1) is 23.7 Å². The van der Waals surface area contributed by atoms with Crippen LogP contribution in [0.15, 0.2) is 11.1 Å². The standard InChI is InChI=1S/C23H29N3O2S/c1-13-2-3-17-18(4-13)29-21-20(17)22(28)26(12-24-21)11-19(27)25-23-8-14-5-15(9-23)7-16(6-14)10-23/h12-16H,2-11H2,1H3,(H,25,27)/t13-,14?,15?,16?,23?/m1/s1. The van der Waals surface area contributed by atoms with E-state index >= 15 is 0 Å². The molecule has 0 aromatic carbocycles. The predicted octanol–water partition coefficient (Wildman–Crippen LogP) is 3.67. The highest BCUT2D eigenvalue weighted by Crippen LogP contribution is 2.55. The fourth-order valence-corrected chi connectivity index (χ4v) is 8.57. The summed E-state index contributed by atoms with van der Waals surface area (Å²) in [5.41, 5.74) is 1.14. The van der Waals surface area contributed by atoms with Crippen LogP contribution >= 0.6 is 11.3 Å². The highest BCUT2D eigenvalue weighted by Gasteiger charge is 2.51. The van der Waals surface area contributed by atoms with Crippen LogP contribution in [0.4, 0.5) is 0 Å². The van der Waals surface area contributed by atoms with Gasteiger partial charge in [-0.3, -0.25) is 14.2 Å². The number of carbonyl (C=O) groups is 1. The SMILES string of the molecule is C[C@@H]1CCc2c(sc3ncn(CC(=O)NC45CC6CC(CC(C6)C4)C5)c(=O)c23)C1. The first-order chi connectivity index (χ1) is 14.0. The summed E-state index contributed by atoms with van der Waals surface area (Å²) in [5.74, 6) is 3.03. The third-order valence-electron chi connectivity index (χ3n) is 8.04. The molecule has 2 heterocycles. The molecule has 2 aromatic heterocycles. The molecule has 4 bridgehead atoms. The maximum Gasteiger partial charge on any atom is 0.262 e. The van der Waals surface area contributed by atoms with E-state index < -0.39 is 0 Å². The monoisotopic (exact) mass is 411 g/mol. The molecule has 5 aliphatic rings. The molecule has 29 heavy (non-hydrogen) atoms. The van der Waals surface area contributed by atoms with Crippen molar-refractivity contribution < 1.29 is 4.79 Å². The molecule has 1 atom stereocenters. The zero-order valence-corrected chi connectivity index (χ0v) is 17.9. The summed E-state index contributed by atoms with van der Waals surface area (Å²) in [6, 6.07) is 0. The van der Waals surface area contributed by atoms with Crippen molar-refractivity contribution in [2.45, 2.75) is 76.8 Å². The minimum atomic E-state index is -0.0392. The third kappa shape index (κ3) is 2.97. The first-order valence-corrected chi connectivity index (χ1v) is 12.1. The van der Waals surface area contributed by atoms with Gasteiger partial charge in [-0.25, -0.2) is 4.98 Å². The molecule has 2 aromatic rings. The van der Waals surface area contributed by atoms with Gasteiger partial charge in [0.1, 0.15) is 11.4 Å². The van der Waals surface area contributed by atoms with Gasteiger partial charge in [-0.2, -0.15) is 0 Å². The molecule has 0 radical (unpaired) electrons. The third-order valence-corrected chi connectivity index (χ3v) is 9.20. The number of fused-ring (bicyclic) bond motifs is 3. The maximum atomic E-state index is 13.2. The smallest absolute Gasteiger partial charge is 0.262 e. The molecule has 6 heteroatoms. The zero-order chi connectivity index (χ0) is 19.8. The Balaban J connectivity index is 1.25. The van der Waals surface area contributed by atoms with Crippen LogP contribution in [0.25, 0.3) is 10.2 Å². The lowest BCUT2D eigenvalue weighted by Crippen LogP contribution is -2.60. The lowest BCUT2D eigenvalue weighted by atomic mass is 9.53. The average molecular weight is 412 g/mol. The Bertz CT molecular complexity index is 1020. The van der Waals surface area contributed by atoms with Crippen LogP contribution in [0.3, 0.4) is 0 Å². The van der Waals surface area contributed by atoms with E-state index in [0.29, 0.717) is 5.92 Å². The number of nitrogens with zero attached hydrogens (tertiary/aromatic N) is 2. The van der Waals surface area contributed by atoms with Crippen molar-refractivity contribution in [1.82, 2.24) is 14.9 Å². The number of hydrogen-bond donors (Lipinski definition) is 1. The quantitative estimate of drug-likeness (QED) is 0.838. The molecular formula is C23H29N3O2S. The lowest BCUT2D eigenvalue weighted by Gasteiger charge is -2.56. The van der Waals surface area contributed by atoms with Crippen LogP contribution in [-0.2, 0) is 24.2 Å². The van der Waals surface area contributed by atoms with Gasteiger partial charge in [0.05, 0.1) is 11.7 Å². The van der Waals surface area contributed by atoms with E-state index in [2.05, 4.69) is 17.2 Å². The minimum Gasteiger partial charge on any atom is -0.349 e. The van der Waals surface area contributed by atoms with E-state index in [1.54, 1.807) is 17.7 Å². The van der Waals surface area contributed by atoms with E-state index in [0.717, 1.165) is 66.5 Å². The van der Waals surface area contributed by atoms with Gasteiger partial charge >= 0.3 is 0 Å². The van der Waals surface area contributed by atoms with Crippen molar-refractivity contribution >= 4 is 27.5 Å². The Morgan fingerprint density at radius 3 is 2.62 bits per heavy atom. The van der Waals surface area contributed by atoms with Crippen molar-refractivity contribution in [1.29, 1.82) is 0 Å². The molecule has 0 saturated heterocycles. The molecule has 5 nitrogen and oxygen atoms in total. The van der Waals surface area contributed by atoms with Gasteiger partial charge in [-0.1, -0.05) is 6.92 Å². The molecule has 7 rings (SSSR count). The van der Waals surface area contributed by atoms with Crippen molar-refractivity contribution in [3.8, 4) is 0 Å². The summed E-state index contributed by atoms with van der Waals surface area (Å²) < 4.78 is 1.53. The number of aromatic nitrogens is 2. The number of thiophene rings is 1. The Kier molecular flexibility index (Phi) is 4.00. The topological polar surface area (TPSA) is 64.0 Å². The summed E-state index contributed by atoms with van der Waals surface area (Å²) in [7, 11) is 0. The number of hydrogen-bond acceptors (Lipinski definition) is 4. The van der Waals surface area contributed by atoms with Gasteiger partial charge in [-0.15, -0.1) is 11.3 Å². The summed E-state index contributed by atoms with van der Waals surface area (Å²) in [6.07, 6.45) is 12.2. The average Bonchev–Trinajstić information content (AvgIpc) is 3.00. The number of aryl methyl sites for hydroxylation is 1. The van der Waals surface area contributed by atoms with Gasteiger partial charge in [0.15, 0.2) is 0 Å². The van der Waals surface area contributed by atoms with Gasteiger partial charge in [0, 0.05) is 10.4 Å². The first kappa shape index (κ1) is 18.1. The highest BCUT2D eigenvalue weighted by molar-refractivity contribution is 7.18. The number of amides is 1. The second kappa shape index (κ2) is 6.40. The number of carbonyl (C=O) groups excluding carboxylic acids is 1. The maximum absolute atomic E-state index is 13.2. The van der Waals surface area contributed by atoms with Crippen LogP contribution in [0.2, 0.25) is 0 Å². The molecule has 5 aliphatic carbocycles. The highest BCUT2D eigenvalue weighted by atomic mass is 32.1. The predicted molar refractivity (Wildman–Crippen MR) is 114 cm³/mol. The number of rotatable bonds is 3. The summed E-state index contributed by atoms with van der Waals surface area (Å²) in [4.78, 5) is 32.9. The van der Waals surface area contributed by atoms with Gasteiger partial charge in [-0.05, 0) is 87.0 Å². The number of nitrogens with one attached hydrogen (secondary N) is 1. The summed E-state index contributed by atoms with van der Waals surface area (Å²) in [5, 5.41) is 4.15. The molecular weight excluding hydrogens is 382 g/mol. The normalized spacial score (nSPS) is 35.1.